The van der Waals surface area contributed by atoms with Gasteiger partial charge < -0.3 is 5.32 Å². The summed E-state index contributed by atoms with van der Waals surface area (Å²) in [6.07, 6.45) is 2.99. The van der Waals surface area contributed by atoms with E-state index in [2.05, 4.69) is 24.1 Å². The third kappa shape index (κ3) is 1.81. The van der Waals surface area contributed by atoms with E-state index in [0.29, 0.717) is 11.4 Å². The van der Waals surface area contributed by atoms with Crippen LogP contribution in [0.15, 0.2) is 11.7 Å². The van der Waals surface area contributed by atoms with Gasteiger partial charge in [-0.05, 0) is 11.8 Å². The Morgan fingerprint density at radius 3 is 3.00 bits per heavy atom. The first kappa shape index (κ1) is 10.4. The van der Waals surface area contributed by atoms with Gasteiger partial charge in [0.25, 0.3) is 0 Å². The molecule has 0 amide bonds. The molecule has 1 fully saturated rings. The minimum absolute atomic E-state index is 0.228. The average Bonchev–Trinajstić information content (AvgIpc) is 2.64. The van der Waals surface area contributed by atoms with E-state index in [4.69, 9.17) is 11.6 Å². The molecule has 0 aliphatic heterocycles. The minimum Gasteiger partial charge on any atom is -0.308 e. The number of nitrogens with one attached hydrogen (secondary N) is 1. The van der Waals surface area contributed by atoms with E-state index in [1.54, 1.807) is 11.3 Å². The standard InChI is InChI=1S/C10H15ClN2S/c1-10(2)8(11)3-9(10)13-5-7-4-12-6-14-7/h4,6,8-9,13H,3,5H2,1-2H3. The van der Waals surface area contributed by atoms with Crippen LogP contribution < -0.4 is 5.32 Å². The summed E-state index contributed by atoms with van der Waals surface area (Å²) in [6.45, 7) is 5.36. The molecule has 0 radical (unpaired) electrons. The van der Waals surface area contributed by atoms with Crippen LogP contribution in [0, 0.1) is 5.41 Å². The smallest absolute Gasteiger partial charge is 0.0794 e. The predicted molar refractivity (Wildman–Crippen MR) is 60.8 cm³/mol. The maximum Gasteiger partial charge on any atom is 0.0794 e. The third-order valence-corrected chi connectivity index (χ3v) is 4.67. The van der Waals surface area contributed by atoms with Crippen LogP contribution in [0.1, 0.15) is 25.1 Å². The molecule has 78 valence electrons. The van der Waals surface area contributed by atoms with E-state index in [1.165, 1.54) is 4.88 Å². The fourth-order valence-electron chi connectivity index (χ4n) is 1.77. The first-order chi connectivity index (χ1) is 6.60. The summed E-state index contributed by atoms with van der Waals surface area (Å²) in [4.78, 5) is 5.34. The lowest BCUT2D eigenvalue weighted by Crippen LogP contribution is -2.57. The van der Waals surface area contributed by atoms with Gasteiger partial charge in [-0.2, -0.15) is 0 Å². The van der Waals surface area contributed by atoms with Gasteiger partial charge in [0.2, 0.25) is 0 Å². The monoisotopic (exact) mass is 230 g/mol. The maximum atomic E-state index is 6.15. The molecule has 1 aliphatic rings. The van der Waals surface area contributed by atoms with E-state index in [0.717, 1.165) is 13.0 Å². The van der Waals surface area contributed by atoms with Crippen LogP contribution in [0.3, 0.4) is 0 Å². The number of rotatable bonds is 3. The summed E-state index contributed by atoms with van der Waals surface area (Å²) in [7, 11) is 0. The second kappa shape index (κ2) is 3.80. The summed E-state index contributed by atoms with van der Waals surface area (Å²) in [6, 6.07) is 0.548. The second-order valence-corrected chi connectivity index (χ2v) is 5.92. The fraction of sp³-hybridized carbons (Fsp3) is 0.700. The molecule has 1 saturated carbocycles. The molecule has 1 aliphatic carbocycles. The van der Waals surface area contributed by atoms with Crippen molar-refractivity contribution in [3.8, 4) is 0 Å². The van der Waals surface area contributed by atoms with Crippen molar-refractivity contribution in [3.63, 3.8) is 0 Å². The van der Waals surface area contributed by atoms with Crippen molar-refractivity contribution in [2.24, 2.45) is 5.41 Å². The molecule has 0 aromatic carbocycles. The van der Waals surface area contributed by atoms with E-state index in [9.17, 15) is 0 Å². The lowest BCUT2D eigenvalue weighted by atomic mass is 9.67. The lowest BCUT2D eigenvalue weighted by Gasteiger charge is -2.49. The summed E-state index contributed by atoms with van der Waals surface area (Å²) < 4.78 is 0. The highest BCUT2D eigenvalue weighted by atomic mass is 35.5. The highest BCUT2D eigenvalue weighted by molar-refractivity contribution is 7.09. The van der Waals surface area contributed by atoms with Crippen LogP contribution in [0.4, 0.5) is 0 Å². The lowest BCUT2D eigenvalue weighted by molar-refractivity contribution is 0.116. The van der Waals surface area contributed by atoms with Crippen LogP contribution in [-0.4, -0.2) is 16.4 Å². The maximum absolute atomic E-state index is 6.15. The molecule has 1 N–H and O–H groups in total. The molecule has 4 heteroatoms. The number of thiazole rings is 1. The van der Waals surface area contributed by atoms with Crippen LogP contribution >= 0.6 is 22.9 Å². The Kier molecular flexibility index (Phi) is 2.82. The zero-order chi connectivity index (χ0) is 10.2. The van der Waals surface area contributed by atoms with Crippen molar-refractivity contribution in [2.45, 2.75) is 38.2 Å². The molecule has 14 heavy (non-hydrogen) atoms. The van der Waals surface area contributed by atoms with Gasteiger partial charge in [0.05, 0.1) is 5.51 Å². The summed E-state index contributed by atoms with van der Waals surface area (Å²) in [5, 5.41) is 3.85. The summed E-state index contributed by atoms with van der Waals surface area (Å²) >= 11 is 7.84. The van der Waals surface area contributed by atoms with Gasteiger partial charge in [-0.1, -0.05) is 13.8 Å². The number of nitrogens with zero attached hydrogens (tertiary/aromatic N) is 1. The minimum atomic E-state index is 0.228. The zero-order valence-electron chi connectivity index (χ0n) is 8.46. The summed E-state index contributed by atoms with van der Waals surface area (Å²) in [5.41, 5.74) is 2.10. The molecule has 1 aromatic heterocycles. The van der Waals surface area contributed by atoms with Crippen LogP contribution in [-0.2, 0) is 6.54 Å². The largest absolute Gasteiger partial charge is 0.308 e. The Morgan fingerprint density at radius 2 is 2.50 bits per heavy atom. The Labute approximate surface area is 93.7 Å². The van der Waals surface area contributed by atoms with Crippen molar-refractivity contribution in [3.05, 3.63) is 16.6 Å². The fourth-order valence-corrected chi connectivity index (χ4v) is 2.65. The zero-order valence-corrected chi connectivity index (χ0v) is 10.0. The molecule has 2 unspecified atom stereocenters. The number of halogens is 1. The van der Waals surface area contributed by atoms with Crippen molar-refractivity contribution in [2.75, 3.05) is 0 Å². The second-order valence-electron chi connectivity index (χ2n) is 4.43. The normalized spacial score (nSPS) is 29.9. The molecule has 2 atom stereocenters. The van der Waals surface area contributed by atoms with Gasteiger partial charge in [0.15, 0.2) is 0 Å². The molecule has 0 bridgehead atoms. The van der Waals surface area contributed by atoms with E-state index < -0.39 is 0 Å². The quantitative estimate of drug-likeness (QED) is 0.808. The molecule has 0 saturated heterocycles. The van der Waals surface area contributed by atoms with Crippen LogP contribution in [0.25, 0.3) is 0 Å². The summed E-state index contributed by atoms with van der Waals surface area (Å²) in [5.74, 6) is 0. The van der Waals surface area contributed by atoms with Crippen molar-refractivity contribution in [1.82, 2.24) is 10.3 Å². The molecule has 0 spiro atoms. The van der Waals surface area contributed by atoms with Crippen LogP contribution in [0.2, 0.25) is 0 Å². The Morgan fingerprint density at radius 1 is 1.71 bits per heavy atom. The molecule has 1 aromatic rings. The Hall–Kier alpha value is -0.120. The first-order valence-corrected chi connectivity index (χ1v) is 6.17. The molecule has 2 rings (SSSR count). The van der Waals surface area contributed by atoms with Gasteiger partial charge in [-0.25, -0.2) is 0 Å². The molecule has 2 nitrogen and oxygen atoms in total. The number of aromatic nitrogens is 1. The van der Waals surface area contributed by atoms with E-state index in [-0.39, 0.29) is 5.41 Å². The SMILES string of the molecule is CC1(C)C(Cl)CC1NCc1cncs1. The Balaban J connectivity index is 1.83. The highest BCUT2D eigenvalue weighted by Crippen LogP contribution is 2.44. The predicted octanol–water partition coefficient (Wildman–Crippen LogP) is 2.64. The highest BCUT2D eigenvalue weighted by Gasteiger charge is 2.46. The topological polar surface area (TPSA) is 24.9 Å². The van der Waals surface area contributed by atoms with Crippen molar-refractivity contribution >= 4 is 22.9 Å². The Bertz CT molecular complexity index is 297. The molecular formula is C10H15ClN2S. The van der Waals surface area contributed by atoms with Gasteiger partial charge in [0.1, 0.15) is 0 Å². The van der Waals surface area contributed by atoms with Crippen molar-refractivity contribution in [1.29, 1.82) is 0 Å². The first-order valence-electron chi connectivity index (χ1n) is 4.85. The van der Waals surface area contributed by atoms with Crippen molar-refractivity contribution < 1.29 is 0 Å². The van der Waals surface area contributed by atoms with Gasteiger partial charge in [0, 0.05) is 29.0 Å². The number of hydrogen-bond acceptors (Lipinski definition) is 3. The van der Waals surface area contributed by atoms with Gasteiger partial charge in [-0.15, -0.1) is 22.9 Å². The van der Waals surface area contributed by atoms with Gasteiger partial charge >= 0.3 is 0 Å². The van der Waals surface area contributed by atoms with Crippen LogP contribution in [0.5, 0.6) is 0 Å². The third-order valence-electron chi connectivity index (χ3n) is 3.15. The number of alkyl halides is 1. The average molecular weight is 231 g/mol. The molecule has 1 heterocycles. The number of hydrogen-bond donors (Lipinski definition) is 1. The van der Waals surface area contributed by atoms with Gasteiger partial charge in [-0.3, -0.25) is 4.98 Å². The van der Waals surface area contributed by atoms with E-state index >= 15 is 0 Å². The molecular weight excluding hydrogens is 216 g/mol. The van der Waals surface area contributed by atoms with E-state index in [1.807, 2.05) is 11.7 Å².